The van der Waals surface area contributed by atoms with Crippen molar-refractivity contribution in [1.82, 2.24) is 14.8 Å². The third-order valence-electron chi connectivity index (χ3n) is 5.67. The summed E-state index contributed by atoms with van der Waals surface area (Å²) in [6, 6.07) is 10.2. The van der Waals surface area contributed by atoms with Crippen LogP contribution in [0, 0.1) is 37.8 Å². The first-order chi connectivity index (χ1) is 16.6. The molecule has 2 heterocycles. The van der Waals surface area contributed by atoms with Crippen LogP contribution in [-0.4, -0.2) is 39.8 Å². The van der Waals surface area contributed by atoms with Crippen LogP contribution in [0.3, 0.4) is 0 Å². The van der Waals surface area contributed by atoms with Gasteiger partial charge in [0.05, 0.1) is 36.4 Å². The number of hydrogen-bond donors (Lipinski definition) is 1. The Kier molecular flexibility index (Phi) is 6.12. The molecular weight excluding hydrogens is 450 g/mol. The van der Waals surface area contributed by atoms with E-state index in [9.17, 15) is 14.9 Å². The zero-order valence-corrected chi connectivity index (χ0v) is 20.3. The van der Waals surface area contributed by atoms with E-state index in [4.69, 9.17) is 14.5 Å². The van der Waals surface area contributed by atoms with Gasteiger partial charge < -0.3 is 14.8 Å². The number of pyridine rings is 1. The van der Waals surface area contributed by atoms with Gasteiger partial charge in [0, 0.05) is 17.5 Å². The van der Waals surface area contributed by atoms with Crippen molar-refractivity contribution in [2.24, 2.45) is 0 Å². The van der Waals surface area contributed by atoms with E-state index in [1.807, 2.05) is 26.8 Å². The lowest BCUT2D eigenvalue weighted by Gasteiger charge is -2.13. The number of methoxy groups -OCH3 is 2. The second-order valence-corrected chi connectivity index (χ2v) is 8.29. The first-order valence-electron chi connectivity index (χ1n) is 10.8. The lowest BCUT2D eigenvalue weighted by molar-refractivity contribution is -0.385. The normalized spacial score (nSPS) is 10.9. The zero-order chi connectivity index (χ0) is 25.4. The molecule has 0 aliphatic rings. The predicted octanol–water partition coefficient (Wildman–Crippen LogP) is 4.83. The molecule has 4 aromatic rings. The van der Waals surface area contributed by atoms with Crippen molar-refractivity contribution in [2.45, 2.75) is 27.7 Å². The van der Waals surface area contributed by atoms with E-state index in [1.165, 1.54) is 25.0 Å². The summed E-state index contributed by atoms with van der Waals surface area (Å²) >= 11 is 0. The predicted molar refractivity (Wildman–Crippen MR) is 132 cm³/mol. The number of benzene rings is 2. The summed E-state index contributed by atoms with van der Waals surface area (Å²) in [5, 5.41) is 19.9. The SMILES string of the molecule is COc1cc(C(=O)Nc2cc(C)nn2-c2cc(C)c3cc(C)cc(C)c3n2)c([N+](=O)[O-])cc1OC. The number of rotatable bonds is 6. The van der Waals surface area contributed by atoms with Crippen LogP contribution in [0.15, 0.2) is 36.4 Å². The van der Waals surface area contributed by atoms with Gasteiger partial charge in [-0.3, -0.25) is 14.9 Å². The van der Waals surface area contributed by atoms with Gasteiger partial charge in [0.15, 0.2) is 17.3 Å². The van der Waals surface area contributed by atoms with E-state index in [0.29, 0.717) is 17.3 Å². The smallest absolute Gasteiger partial charge is 0.286 e. The van der Waals surface area contributed by atoms with E-state index < -0.39 is 16.5 Å². The number of nitrogens with zero attached hydrogens (tertiary/aromatic N) is 4. The largest absolute Gasteiger partial charge is 0.493 e. The molecule has 0 fully saturated rings. The van der Waals surface area contributed by atoms with E-state index in [2.05, 4.69) is 22.5 Å². The van der Waals surface area contributed by atoms with Gasteiger partial charge in [-0.15, -0.1) is 0 Å². The number of nitrogens with one attached hydrogen (secondary N) is 1. The number of carbonyl (C=O) groups is 1. The maximum atomic E-state index is 13.2. The summed E-state index contributed by atoms with van der Waals surface area (Å²) in [7, 11) is 2.76. The number of anilines is 1. The average molecular weight is 476 g/mol. The highest BCUT2D eigenvalue weighted by Crippen LogP contribution is 2.35. The van der Waals surface area contributed by atoms with Crippen LogP contribution in [0.5, 0.6) is 11.5 Å². The van der Waals surface area contributed by atoms with Crippen LogP contribution in [0.4, 0.5) is 11.5 Å². The summed E-state index contributed by atoms with van der Waals surface area (Å²) in [4.78, 5) is 29.0. The number of amides is 1. The Morgan fingerprint density at radius 1 is 0.971 bits per heavy atom. The second-order valence-electron chi connectivity index (χ2n) is 8.29. The molecule has 35 heavy (non-hydrogen) atoms. The molecule has 2 aromatic heterocycles. The topological polar surface area (TPSA) is 121 Å². The van der Waals surface area contributed by atoms with Gasteiger partial charge in [-0.1, -0.05) is 11.6 Å². The molecule has 1 amide bonds. The molecule has 4 rings (SSSR count). The molecule has 0 atom stereocenters. The van der Waals surface area contributed by atoms with E-state index in [0.717, 1.165) is 33.7 Å². The highest BCUT2D eigenvalue weighted by atomic mass is 16.6. The van der Waals surface area contributed by atoms with Crippen molar-refractivity contribution in [2.75, 3.05) is 19.5 Å². The van der Waals surface area contributed by atoms with Crippen molar-refractivity contribution in [3.05, 3.63) is 74.5 Å². The lowest BCUT2D eigenvalue weighted by Crippen LogP contribution is -2.17. The first-order valence-corrected chi connectivity index (χ1v) is 10.8. The highest BCUT2D eigenvalue weighted by Gasteiger charge is 2.26. The van der Waals surface area contributed by atoms with Gasteiger partial charge in [-0.2, -0.15) is 9.78 Å². The number of nitro benzene ring substituents is 1. The highest BCUT2D eigenvalue weighted by molar-refractivity contribution is 6.07. The lowest BCUT2D eigenvalue weighted by atomic mass is 10.0. The molecular formula is C25H25N5O5. The standard InChI is InChI=1S/C25H25N5O5/c1-13-7-15(3)24-17(8-13)14(2)9-22(26-24)29-23(10-16(4)28-29)27-25(31)18-11-20(34-5)21(35-6)12-19(18)30(32)33/h7-12H,1-6H3,(H,27,31). The first kappa shape index (κ1) is 23.7. The molecule has 0 bridgehead atoms. The van der Waals surface area contributed by atoms with Crippen molar-refractivity contribution < 1.29 is 19.2 Å². The van der Waals surface area contributed by atoms with Crippen LogP contribution >= 0.6 is 0 Å². The summed E-state index contributed by atoms with van der Waals surface area (Å²) < 4.78 is 11.9. The Morgan fingerprint density at radius 2 is 1.66 bits per heavy atom. The number of nitro groups is 1. The molecule has 1 N–H and O–H groups in total. The maximum absolute atomic E-state index is 13.2. The fourth-order valence-electron chi connectivity index (χ4n) is 4.08. The average Bonchev–Trinajstić information content (AvgIpc) is 3.18. The van der Waals surface area contributed by atoms with Gasteiger partial charge in [0.25, 0.3) is 11.6 Å². The number of aryl methyl sites for hydroxylation is 4. The Balaban J connectivity index is 1.79. The van der Waals surface area contributed by atoms with Crippen LogP contribution in [-0.2, 0) is 0 Å². The number of carbonyl (C=O) groups excluding carboxylic acids is 1. The van der Waals surface area contributed by atoms with Crippen molar-refractivity contribution in [3.8, 4) is 17.3 Å². The third kappa shape index (κ3) is 4.37. The minimum Gasteiger partial charge on any atom is -0.493 e. The Labute approximate surface area is 201 Å². The summed E-state index contributed by atoms with van der Waals surface area (Å²) in [6.07, 6.45) is 0. The minimum absolute atomic E-state index is 0.151. The molecule has 2 aromatic carbocycles. The van der Waals surface area contributed by atoms with Gasteiger partial charge in [-0.25, -0.2) is 4.98 Å². The molecule has 180 valence electrons. The molecule has 0 aliphatic heterocycles. The monoisotopic (exact) mass is 475 g/mol. The van der Waals surface area contributed by atoms with Crippen molar-refractivity contribution >= 4 is 28.3 Å². The van der Waals surface area contributed by atoms with E-state index in [-0.39, 0.29) is 17.1 Å². The van der Waals surface area contributed by atoms with Gasteiger partial charge in [0.2, 0.25) is 0 Å². The molecule has 0 radical (unpaired) electrons. The Bertz CT molecular complexity index is 1490. The van der Waals surface area contributed by atoms with Crippen LogP contribution < -0.4 is 14.8 Å². The van der Waals surface area contributed by atoms with E-state index in [1.54, 1.807) is 13.0 Å². The fourth-order valence-corrected chi connectivity index (χ4v) is 4.08. The number of aromatic nitrogens is 3. The van der Waals surface area contributed by atoms with Crippen LogP contribution in [0.25, 0.3) is 16.7 Å². The number of ether oxygens (including phenoxy) is 2. The molecule has 0 saturated carbocycles. The molecule has 0 spiro atoms. The van der Waals surface area contributed by atoms with Gasteiger partial charge >= 0.3 is 0 Å². The van der Waals surface area contributed by atoms with Crippen molar-refractivity contribution in [1.29, 1.82) is 0 Å². The molecule has 0 aliphatic carbocycles. The van der Waals surface area contributed by atoms with Crippen molar-refractivity contribution in [3.63, 3.8) is 0 Å². The minimum atomic E-state index is -0.692. The summed E-state index contributed by atoms with van der Waals surface area (Å²) in [6.45, 7) is 7.82. The fraction of sp³-hybridized carbons (Fsp3) is 0.240. The number of fused-ring (bicyclic) bond motifs is 1. The summed E-state index contributed by atoms with van der Waals surface area (Å²) in [5.41, 5.74) is 4.08. The Morgan fingerprint density at radius 3 is 2.31 bits per heavy atom. The quantitative estimate of drug-likeness (QED) is 0.313. The molecule has 0 saturated heterocycles. The second kappa shape index (κ2) is 9.05. The van der Waals surface area contributed by atoms with Gasteiger partial charge in [0.1, 0.15) is 11.4 Å². The van der Waals surface area contributed by atoms with Crippen LogP contribution in [0.2, 0.25) is 0 Å². The molecule has 0 unspecified atom stereocenters. The Hall–Kier alpha value is -4.47. The zero-order valence-electron chi connectivity index (χ0n) is 20.3. The third-order valence-corrected chi connectivity index (χ3v) is 5.67. The van der Waals surface area contributed by atoms with Gasteiger partial charge in [-0.05, 0) is 51.0 Å². The maximum Gasteiger partial charge on any atom is 0.286 e. The summed E-state index contributed by atoms with van der Waals surface area (Å²) in [5.74, 6) is 0.506. The molecule has 10 nitrogen and oxygen atoms in total. The molecule has 10 heteroatoms. The van der Waals surface area contributed by atoms with E-state index >= 15 is 0 Å². The van der Waals surface area contributed by atoms with Crippen LogP contribution in [0.1, 0.15) is 32.7 Å². The number of hydrogen-bond acceptors (Lipinski definition) is 7.